The van der Waals surface area contributed by atoms with Gasteiger partial charge in [-0.2, -0.15) is 0 Å². The zero-order valence-electron chi connectivity index (χ0n) is 12.0. The van der Waals surface area contributed by atoms with E-state index in [0.717, 1.165) is 5.92 Å². The smallest absolute Gasteiger partial charge is 0.101 e. The molecule has 0 amide bonds. The second-order valence-electron chi connectivity index (χ2n) is 6.53. The summed E-state index contributed by atoms with van der Waals surface area (Å²) in [5.41, 5.74) is 1.90. The van der Waals surface area contributed by atoms with Gasteiger partial charge in [-0.15, -0.1) is 0 Å². The van der Waals surface area contributed by atoms with E-state index in [0.29, 0.717) is 23.4 Å². The topological polar surface area (TPSA) is 9.23 Å². The van der Waals surface area contributed by atoms with E-state index in [9.17, 15) is 0 Å². The van der Waals surface area contributed by atoms with Gasteiger partial charge in [0.05, 0.1) is 6.26 Å². The van der Waals surface area contributed by atoms with E-state index in [1.165, 1.54) is 24.8 Å². The van der Waals surface area contributed by atoms with E-state index in [4.69, 9.17) is 4.74 Å². The molecular weight excluding hydrogens is 232 g/mol. The highest BCUT2D eigenvalue weighted by Gasteiger charge is 2.57. The molecule has 4 unspecified atom stereocenters. The lowest BCUT2D eigenvalue weighted by Gasteiger charge is -2.43. The average Bonchev–Trinajstić information content (AvgIpc) is 2.98. The third kappa shape index (κ3) is 1.82. The van der Waals surface area contributed by atoms with Crippen molar-refractivity contribution in [1.82, 2.24) is 0 Å². The minimum Gasteiger partial charge on any atom is -0.498 e. The molecule has 1 aromatic rings. The maximum atomic E-state index is 5.71. The fraction of sp³-hybridized carbons (Fsp3) is 0.556. The Morgan fingerprint density at radius 3 is 2.53 bits per heavy atom. The molecule has 0 saturated heterocycles. The van der Waals surface area contributed by atoms with E-state index in [1.807, 2.05) is 0 Å². The van der Waals surface area contributed by atoms with Gasteiger partial charge >= 0.3 is 0 Å². The highest BCUT2D eigenvalue weighted by molar-refractivity contribution is 5.31. The van der Waals surface area contributed by atoms with Crippen molar-refractivity contribution >= 4 is 0 Å². The maximum absolute atomic E-state index is 5.71. The lowest BCUT2D eigenvalue weighted by atomic mass is 9.62. The Kier molecular flexibility index (Phi) is 3.16. The van der Waals surface area contributed by atoms with Crippen molar-refractivity contribution < 1.29 is 4.74 Å². The lowest BCUT2D eigenvalue weighted by molar-refractivity contribution is 0.0531. The number of rotatable bonds is 4. The third-order valence-corrected chi connectivity index (χ3v) is 5.57. The minimum atomic E-state index is 0.368. The number of hydrogen-bond donors (Lipinski definition) is 0. The summed E-state index contributed by atoms with van der Waals surface area (Å²) in [6, 6.07) is 11.1. The maximum Gasteiger partial charge on any atom is 0.101 e. The number of fused-ring (bicyclic) bond motifs is 2. The fourth-order valence-electron chi connectivity index (χ4n) is 4.75. The summed E-state index contributed by atoms with van der Waals surface area (Å²) in [4.78, 5) is 0. The zero-order chi connectivity index (χ0) is 13.5. The molecule has 1 nitrogen and oxygen atoms in total. The lowest BCUT2D eigenvalue weighted by Crippen LogP contribution is -2.41. The van der Waals surface area contributed by atoms with Crippen LogP contribution in [0.5, 0.6) is 0 Å². The first-order valence-electron chi connectivity index (χ1n) is 7.50. The molecule has 102 valence electrons. The summed E-state index contributed by atoms with van der Waals surface area (Å²) in [6.07, 6.45) is 5.84. The SMILES string of the molecule is C=COC1CC2CC1CC2(c1ccccc1)C(C)C. The van der Waals surface area contributed by atoms with Crippen molar-refractivity contribution in [1.29, 1.82) is 0 Å². The van der Waals surface area contributed by atoms with Crippen molar-refractivity contribution in [2.24, 2.45) is 17.8 Å². The number of benzene rings is 1. The highest BCUT2D eigenvalue weighted by Crippen LogP contribution is 2.60. The van der Waals surface area contributed by atoms with E-state index < -0.39 is 0 Å². The van der Waals surface area contributed by atoms with Crippen molar-refractivity contribution in [2.75, 3.05) is 0 Å². The van der Waals surface area contributed by atoms with Crippen LogP contribution in [0.15, 0.2) is 43.2 Å². The summed E-state index contributed by atoms with van der Waals surface area (Å²) in [5, 5.41) is 0. The van der Waals surface area contributed by atoms with Crippen molar-refractivity contribution in [2.45, 2.75) is 44.6 Å². The predicted molar refractivity (Wildman–Crippen MR) is 78.9 cm³/mol. The van der Waals surface area contributed by atoms with Gasteiger partial charge in [0, 0.05) is 5.41 Å². The van der Waals surface area contributed by atoms with Crippen molar-refractivity contribution in [3.05, 3.63) is 48.7 Å². The standard InChI is InChI=1S/C18H24O/c1-4-19-17-11-16-10-14(17)12-18(16,13(2)3)15-8-6-5-7-9-15/h4-9,13-14,16-17H,1,10-12H2,2-3H3. The van der Waals surface area contributed by atoms with Gasteiger partial charge < -0.3 is 4.74 Å². The summed E-state index contributed by atoms with van der Waals surface area (Å²) >= 11 is 0. The van der Waals surface area contributed by atoms with Crippen LogP contribution in [0, 0.1) is 17.8 Å². The van der Waals surface area contributed by atoms with Crippen LogP contribution in [0.2, 0.25) is 0 Å². The van der Waals surface area contributed by atoms with Crippen LogP contribution in [0.3, 0.4) is 0 Å². The molecule has 2 fully saturated rings. The van der Waals surface area contributed by atoms with Crippen molar-refractivity contribution in [3.8, 4) is 0 Å². The minimum absolute atomic E-state index is 0.368. The van der Waals surface area contributed by atoms with Crippen LogP contribution in [0.25, 0.3) is 0 Å². The van der Waals surface area contributed by atoms with Crippen LogP contribution in [0.1, 0.15) is 38.7 Å². The Bertz CT molecular complexity index is 450. The number of hydrogen-bond acceptors (Lipinski definition) is 1. The Balaban J connectivity index is 1.93. The van der Waals surface area contributed by atoms with Crippen LogP contribution in [0.4, 0.5) is 0 Å². The first-order chi connectivity index (χ1) is 9.18. The molecule has 1 heteroatoms. The van der Waals surface area contributed by atoms with Crippen LogP contribution in [-0.2, 0) is 10.2 Å². The normalized spacial score (nSPS) is 36.7. The van der Waals surface area contributed by atoms with Crippen LogP contribution < -0.4 is 0 Å². The summed E-state index contributed by atoms with van der Waals surface area (Å²) in [5.74, 6) is 2.17. The molecule has 1 aromatic carbocycles. The highest BCUT2D eigenvalue weighted by atomic mass is 16.5. The van der Waals surface area contributed by atoms with Gasteiger partial charge in [-0.05, 0) is 42.6 Å². The number of ether oxygens (including phenoxy) is 1. The molecule has 19 heavy (non-hydrogen) atoms. The molecule has 0 heterocycles. The summed E-state index contributed by atoms with van der Waals surface area (Å²) in [7, 11) is 0. The van der Waals surface area contributed by atoms with Gasteiger partial charge in [0.15, 0.2) is 0 Å². The average molecular weight is 256 g/mol. The van der Waals surface area contributed by atoms with Gasteiger partial charge in [0.25, 0.3) is 0 Å². The molecule has 0 radical (unpaired) electrons. The molecule has 2 aliphatic rings. The quantitative estimate of drug-likeness (QED) is 0.719. The third-order valence-electron chi connectivity index (χ3n) is 5.57. The second-order valence-corrected chi connectivity index (χ2v) is 6.53. The fourth-order valence-corrected chi connectivity index (χ4v) is 4.75. The molecule has 2 bridgehead atoms. The molecule has 4 atom stereocenters. The zero-order valence-corrected chi connectivity index (χ0v) is 12.0. The molecule has 2 aliphatic carbocycles. The second kappa shape index (κ2) is 4.70. The summed E-state index contributed by atoms with van der Waals surface area (Å²) < 4.78 is 5.71. The van der Waals surface area contributed by atoms with Gasteiger partial charge in [-0.25, -0.2) is 0 Å². The Morgan fingerprint density at radius 2 is 2.00 bits per heavy atom. The van der Waals surface area contributed by atoms with Crippen molar-refractivity contribution in [3.63, 3.8) is 0 Å². The monoisotopic (exact) mass is 256 g/mol. The molecule has 0 aliphatic heterocycles. The van der Waals surface area contributed by atoms with Gasteiger partial charge in [0.1, 0.15) is 6.10 Å². The van der Waals surface area contributed by atoms with Gasteiger partial charge in [-0.1, -0.05) is 50.8 Å². The Labute approximate surface area is 116 Å². The van der Waals surface area contributed by atoms with Gasteiger partial charge in [0.2, 0.25) is 0 Å². The van der Waals surface area contributed by atoms with E-state index in [2.05, 4.69) is 50.8 Å². The van der Waals surface area contributed by atoms with E-state index >= 15 is 0 Å². The van der Waals surface area contributed by atoms with E-state index in [-0.39, 0.29) is 0 Å². The Morgan fingerprint density at radius 1 is 1.26 bits per heavy atom. The molecular formula is C18H24O. The van der Waals surface area contributed by atoms with Crippen LogP contribution in [-0.4, -0.2) is 6.10 Å². The van der Waals surface area contributed by atoms with E-state index in [1.54, 1.807) is 6.26 Å². The van der Waals surface area contributed by atoms with Gasteiger partial charge in [-0.3, -0.25) is 0 Å². The first-order valence-corrected chi connectivity index (χ1v) is 7.50. The molecule has 0 aromatic heterocycles. The summed E-state index contributed by atoms with van der Waals surface area (Å²) in [6.45, 7) is 8.49. The predicted octanol–water partition coefficient (Wildman–Crippen LogP) is 4.54. The van der Waals surface area contributed by atoms with Crippen LogP contribution >= 0.6 is 0 Å². The molecule has 3 rings (SSSR count). The molecule has 0 spiro atoms. The first kappa shape index (κ1) is 12.8. The Hall–Kier alpha value is -1.24. The largest absolute Gasteiger partial charge is 0.498 e. The molecule has 0 N–H and O–H groups in total. The molecule has 2 saturated carbocycles.